The molecule has 0 radical (unpaired) electrons. The van der Waals surface area contributed by atoms with Crippen molar-refractivity contribution in [2.24, 2.45) is 11.8 Å². The Morgan fingerprint density at radius 3 is 2.14 bits per heavy atom. The van der Waals surface area contributed by atoms with Crippen molar-refractivity contribution >= 4 is 0 Å². The highest BCUT2D eigenvalue weighted by molar-refractivity contribution is 5.59. The van der Waals surface area contributed by atoms with Crippen LogP contribution >= 0.6 is 0 Å². The van der Waals surface area contributed by atoms with Crippen molar-refractivity contribution in [2.75, 3.05) is 6.61 Å². The van der Waals surface area contributed by atoms with Crippen LogP contribution in [-0.4, -0.2) is 16.8 Å². The Morgan fingerprint density at radius 2 is 1.54 bits per heavy atom. The van der Waals surface area contributed by atoms with Crippen molar-refractivity contribution in [1.82, 2.24) is 10.2 Å². The van der Waals surface area contributed by atoms with Gasteiger partial charge in [-0.25, -0.2) is 0 Å². The van der Waals surface area contributed by atoms with Crippen LogP contribution in [0.2, 0.25) is 0 Å². The summed E-state index contributed by atoms with van der Waals surface area (Å²) in [5.41, 5.74) is 3.45. The average molecular weight is 381 g/mol. The zero-order chi connectivity index (χ0) is 19.6. The van der Waals surface area contributed by atoms with Crippen LogP contribution in [0.1, 0.15) is 77.2 Å². The van der Waals surface area contributed by atoms with Crippen molar-refractivity contribution < 1.29 is 4.74 Å². The maximum absolute atomic E-state index is 5.36. The summed E-state index contributed by atoms with van der Waals surface area (Å²) in [5.74, 6) is 2.53. The summed E-state index contributed by atoms with van der Waals surface area (Å²) in [7, 11) is 0. The fraction of sp³-hybridized carbons (Fsp3) is 0.600. The van der Waals surface area contributed by atoms with E-state index in [2.05, 4.69) is 41.4 Å². The summed E-state index contributed by atoms with van der Waals surface area (Å²) in [6, 6.07) is 12.7. The molecular weight excluding hydrogens is 344 g/mol. The van der Waals surface area contributed by atoms with Crippen LogP contribution in [0.3, 0.4) is 0 Å². The minimum atomic E-state index is 0.586. The Kier molecular flexibility index (Phi) is 8.32. The quantitative estimate of drug-likeness (QED) is 0.422. The molecule has 28 heavy (non-hydrogen) atoms. The van der Waals surface area contributed by atoms with Crippen molar-refractivity contribution in [1.29, 1.82) is 0 Å². The number of benzene rings is 1. The zero-order valence-electron chi connectivity index (χ0n) is 17.7. The molecule has 1 aliphatic rings. The van der Waals surface area contributed by atoms with Crippen LogP contribution < -0.4 is 4.74 Å². The second kappa shape index (κ2) is 11.2. The van der Waals surface area contributed by atoms with Gasteiger partial charge in [-0.1, -0.05) is 82.6 Å². The molecule has 0 aliphatic heterocycles. The van der Waals surface area contributed by atoms with Gasteiger partial charge in [0.2, 0.25) is 5.88 Å². The molecule has 0 spiro atoms. The van der Waals surface area contributed by atoms with Gasteiger partial charge < -0.3 is 4.74 Å². The van der Waals surface area contributed by atoms with E-state index in [9.17, 15) is 0 Å². The van der Waals surface area contributed by atoms with Crippen LogP contribution in [0.5, 0.6) is 5.88 Å². The molecule has 2 aromatic rings. The monoisotopic (exact) mass is 380 g/mol. The standard InChI is InChI=1S/C25H36N2O/c1-3-5-6-7-20-8-10-21(11-9-20)12-13-22-14-16-23(17-15-22)24-18-19-25(27-26-24)28-4-2/h14-21H,3-13H2,1-2H3. The van der Waals surface area contributed by atoms with Gasteiger partial charge in [-0.05, 0) is 43.2 Å². The molecule has 0 saturated heterocycles. The number of rotatable bonds is 10. The molecule has 0 unspecified atom stereocenters. The molecule has 1 aliphatic carbocycles. The third-order valence-electron chi connectivity index (χ3n) is 6.21. The molecule has 1 heterocycles. The lowest BCUT2D eigenvalue weighted by Crippen LogP contribution is -2.15. The SMILES string of the molecule is CCCCCC1CCC(CCc2ccc(-c3ccc(OCC)nn3)cc2)CC1. The summed E-state index contributed by atoms with van der Waals surface area (Å²) in [5, 5.41) is 8.40. The average Bonchev–Trinajstić information content (AvgIpc) is 2.75. The number of hydrogen-bond acceptors (Lipinski definition) is 3. The van der Waals surface area contributed by atoms with Crippen LogP contribution in [0.15, 0.2) is 36.4 Å². The van der Waals surface area contributed by atoms with Crippen molar-refractivity contribution in [3.05, 3.63) is 42.0 Å². The maximum atomic E-state index is 5.36. The van der Waals surface area contributed by atoms with E-state index in [1.807, 2.05) is 19.1 Å². The zero-order valence-corrected chi connectivity index (χ0v) is 17.7. The highest BCUT2D eigenvalue weighted by Crippen LogP contribution is 2.34. The van der Waals surface area contributed by atoms with E-state index in [0.717, 1.165) is 23.1 Å². The number of aryl methyl sites for hydroxylation is 1. The Bertz CT molecular complexity index is 673. The highest BCUT2D eigenvalue weighted by Gasteiger charge is 2.20. The molecule has 1 saturated carbocycles. The smallest absolute Gasteiger partial charge is 0.233 e. The van der Waals surface area contributed by atoms with Crippen molar-refractivity contribution in [2.45, 2.75) is 78.1 Å². The fourth-order valence-corrected chi connectivity index (χ4v) is 4.40. The number of unbranched alkanes of at least 4 members (excludes halogenated alkanes) is 2. The first-order chi connectivity index (χ1) is 13.8. The molecule has 1 aromatic carbocycles. The van der Waals surface area contributed by atoms with Gasteiger partial charge in [0.05, 0.1) is 12.3 Å². The highest BCUT2D eigenvalue weighted by atomic mass is 16.5. The molecule has 0 bridgehead atoms. The van der Waals surface area contributed by atoms with E-state index in [1.54, 1.807) is 0 Å². The lowest BCUT2D eigenvalue weighted by atomic mass is 9.78. The molecule has 3 nitrogen and oxygen atoms in total. The summed E-state index contributed by atoms with van der Waals surface area (Å²) in [6.07, 6.45) is 14.0. The van der Waals surface area contributed by atoms with Crippen LogP contribution in [0.4, 0.5) is 0 Å². The van der Waals surface area contributed by atoms with Crippen LogP contribution in [-0.2, 0) is 6.42 Å². The molecule has 3 rings (SSSR count). The van der Waals surface area contributed by atoms with E-state index in [-0.39, 0.29) is 0 Å². The van der Waals surface area contributed by atoms with Gasteiger partial charge >= 0.3 is 0 Å². The molecule has 1 fully saturated rings. The first kappa shape index (κ1) is 20.8. The topological polar surface area (TPSA) is 35.0 Å². The number of aromatic nitrogens is 2. The molecule has 0 atom stereocenters. The minimum Gasteiger partial charge on any atom is -0.477 e. The first-order valence-electron chi connectivity index (χ1n) is 11.3. The predicted octanol–water partition coefficient (Wildman–Crippen LogP) is 6.86. The van der Waals surface area contributed by atoms with E-state index in [4.69, 9.17) is 4.74 Å². The van der Waals surface area contributed by atoms with Gasteiger partial charge in [0.25, 0.3) is 0 Å². The van der Waals surface area contributed by atoms with Gasteiger partial charge in [0, 0.05) is 11.6 Å². The molecule has 152 valence electrons. The molecule has 1 aromatic heterocycles. The second-order valence-corrected chi connectivity index (χ2v) is 8.31. The van der Waals surface area contributed by atoms with Gasteiger partial charge in [-0.3, -0.25) is 0 Å². The summed E-state index contributed by atoms with van der Waals surface area (Å²) < 4.78 is 5.36. The van der Waals surface area contributed by atoms with Crippen LogP contribution in [0.25, 0.3) is 11.3 Å². The Balaban J connectivity index is 1.42. The van der Waals surface area contributed by atoms with Gasteiger partial charge in [0.15, 0.2) is 0 Å². The Labute approximate surface area is 170 Å². The largest absolute Gasteiger partial charge is 0.477 e. The van der Waals surface area contributed by atoms with E-state index in [0.29, 0.717) is 12.5 Å². The molecule has 0 N–H and O–H groups in total. The lowest BCUT2D eigenvalue weighted by molar-refractivity contribution is 0.249. The van der Waals surface area contributed by atoms with E-state index < -0.39 is 0 Å². The van der Waals surface area contributed by atoms with E-state index in [1.165, 1.54) is 69.8 Å². The number of ether oxygens (including phenoxy) is 1. The normalized spacial score (nSPS) is 19.5. The van der Waals surface area contributed by atoms with Gasteiger partial charge in [-0.2, -0.15) is 0 Å². The van der Waals surface area contributed by atoms with Gasteiger partial charge in [0.1, 0.15) is 0 Å². The predicted molar refractivity (Wildman–Crippen MR) is 117 cm³/mol. The van der Waals surface area contributed by atoms with E-state index >= 15 is 0 Å². The summed E-state index contributed by atoms with van der Waals surface area (Å²) >= 11 is 0. The lowest BCUT2D eigenvalue weighted by Gasteiger charge is -2.28. The van der Waals surface area contributed by atoms with Crippen molar-refractivity contribution in [3.8, 4) is 17.1 Å². The fourth-order valence-electron chi connectivity index (χ4n) is 4.40. The summed E-state index contributed by atoms with van der Waals surface area (Å²) in [6.45, 7) is 4.87. The molecule has 0 amide bonds. The molecular formula is C25H36N2O. The number of nitrogens with zero attached hydrogens (tertiary/aromatic N) is 2. The second-order valence-electron chi connectivity index (χ2n) is 8.31. The first-order valence-corrected chi connectivity index (χ1v) is 11.3. The number of hydrogen-bond donors (Lipinski definition) is 0. The van der Waals surface area contributed by atoms with Crippen molar-refractivity contribution in [3.63, 3.8) is 0 Å². The summed E-state index contributed by atoms with van der Waals surface area (Å²) in [4.78, 5) is 0. The minimum absolute atomic E-state index is 0.586. The third kappa shape index (κ3) is 6.32. The Morgan fingerprint density at radius 1 is 0.821 bits per heavy atom. The third-order valence-corrected chi connectivity index (χ3v) is 6.21. The Hall–Kier alpha value is -1.90. The van der Waals surface area contributed by atoms with Crippen LogP contribution in [0, 0.1) is 11.8 Å². The maximum Gasteiger partial charge on any atom is 0.233 e. The molecule has 3 heteroatoms. The van der Waals surface area contributed by atoms with Gasteiger partial charge in [-0.15, -0.1) is 10.2 Å².